The fraction of sp³-hybridized carbons (Fsp3) is 0.500. The lowest BCUT2D eigenvalue weighted by Gasteiger charge is -2.14. The molecule has 0 saturated carbocycles. The van der Waals surface area contributed by atoms with Gasteiger partial charge in [0.15, 0.2) is 0 Å². The van der Waals surface area contributed by atoms with E-state index in [9.17, 15) is 4.79 Å². The first-order valence-corrected chi connectivity index (χ1v) is 5.08. The van der Waals surface area contributed by atoms with Gasteiger partial charge >= 0.3 is 0 Å². The molecule has 0 radical (unpaired) electrons. The number of rotatable bonds is 2. The Hall–Kier alpha value is -1.49. The fourth-order valence-electron chi connectivity index (χ4n) is 1.74. The minimum Gasteiger partial charge on any atom is -0.306 e. The molecule has 80 valence electrons. The average Bonchev–Trinajstić information content (AvgIpc) is 2.66. The molecule has 0 bridgehead atoms. The summed E-state index contributed by atoms with van der Waals surface area (Å²) >= 11 is 0. The third-order valence-corrected chi connectivity index (χ3v) is 2.62. The Bertz CT molecular complexity index is 341. The van der Waals surface area contributed by atoms with Crippen molar-refractivity contribution in [1.82, 2.24) is 15.3 Å². The summed E-state index contributed by atoms with van der Waals surface area (Å²) in [4.78, 5) is 19.7. The number of anilines is 1. The van der Waals surface area contributed by atoms with Crippen LogP contribution >= 0.6 is 0 Å². The third kappa shape index (κ3) is 2.30. The van der Waals surface area contributed by atoms with Gasteiger partial charge in [0.1, 0.15) is 0 Å². The summed E-state index contributed by atoms with van der Waals surface area (Å²) in [6.45, 7) is 2.96. The van der Waals surface area contributed by atoms with Gasteiger partial charge in [-0.15, -0.1) is 0 Å². The van der Waals surface area contributed by atoms with Crippen molar-refractivity contribution in [3.8, 4) is 0 Å². The highest BCUT2D eigenvalue weighted by atomic mass is 16.2. The lowest BCUT2D eigenvalue weighted by atomic mass is 10.0. The van der Waals surface area contributed by atoms with Crippen LogP contribution in [0.3, 0.4) is 0 Å². The summed E-state index contributed by atoms with van der Waals surface area (Å²) in [6, 6.07) is 1.60. The average molecular weight is 206 g/mol. The van der Waals surface area contributed by atoms with Crippen LogP contribution in [0.2, 0.25) is 0 Å². The summed E-state index contributed by atoms with van der Waals surface area (Å²) in [6.07, 6.45) is 4.25. The minimum atomic E-state index is -0.117. The number of aromatic nitrogens is 2. The molecule has 5 heteroatoms. The Kier molecular flexibility index (Phi) is 2.91. The van der Waals surface area contributed by atoms with E-state index in [2.05, 4.69) is 27.5 Å². The maximum absolute atomic E-state index is 11.8. The van der Waals surface area contributed by atoms with Crippen molar-refractivity contribution in [3.63, 3.8) is 0 Å². The number of carbonyl (C=O) groups excluding carboxylic acids is 1. The van der Waals surface area contributed by atoms with E-state index in [1.54, 1.807) is 18.5 Å². The second-order valence-electron chi connectivity index (χ2n) is 3.76. The van der Waals surface area contributed by atoms with Crippen molar-refractivity contribution < 1.29 is 4.79 Å². The number of hydrogen-bond donors (Lipinski definition) is 2. The molecule has 1 aromatic heterocycles. The Morgan fingerprint density at radius 1 is 1.53 bits per heavy atom. The van der Waals surface area contributed by atoms with Crippen molar-refractivity contribution in [3.05, 3.63) is 18.5 Å². The molecule has 0 spiro atoms. The molecule has 1 aliphatic heterocycles. The Morgan fingerprint density at radius 3 is 2.87 bits per heavy atom. The number of amides is 1. The van der Waals surface area contributed by atoms with Gasteiger partial charge in [0.2, 0.25) is 11.9 Å². The number of hydrogen-bond acceptors (Lipinski definition) is 4. The molecule has 2 N–H and O–H groups in total. The predicted octanol–water partition coefficient (Wildman–Crippen LogP) is 0.413. The maximum Gasteiger partial charge on any atom is 0.244 e. The molecule has 0 aliphatic carbocycles. The van der Waals surface area contributed by atoms with E-state index in [-0.39, 0.29) is 11.9 Å². The van der Waals surface area contributed by atoms with Gasteiger partial charge in [-0.05, 0) is 24.9 Å². The number of carbonyl (C=O) groups is 1. The van der Waals surface area contributed by atoms with Crippen molar-refractivity contribution in [2.24, 2.45) is 5.92 Å². The van der Waals surface area contributed by atoms with Crippen LogP contribution in [0.4, 0.5) is 5.95 Å². The highest BCUT2D eigenvalue weighted by Crippen LogP contribution is 2.15. The van der Waals surface area contributed by atoms with Gasteiger partial charge in [0.25, 0.3) is 0 Å². The van der Waals surface area contributed by atoms with Gasteiger partial charge in [0, 0.05) is 12.4 Å². The highest BCUT2D eigenvalue weighted by molar-refractivity contribution is 5.93. The van der Waals surface area contributed by atoms with E-state index in [4.69, 9.17) is 0 Å². The van der Waals surface area contributed by atoms with Crippen LogP contribution in [0.25, 0.3) is 0 Å². The molecular formula is C10H14N4O. The van der Waals surface area contributed by atoms with Gasteiger partial charge in [-0.1, -0.05) is 6.92 Å². The standard InChI is InChI=1S/C10H14N4O/c1-7-3-6-11-8(7)9(15)14-10-12-4-2-5-13-10/h2,4-5,7-8,11H,3,6H2,1H3,(H,12,13,14,15). The van der Waals surface area contributed by atoms with Gasteiger partial charge < -0.3 is 5.32 Å². The van der Waals surface area contributed by atoms with E-state index in [1.807, 2.05) is 0 Å². The molecule has 2 atom stereocenters. The minimum absolute atomic E-state index is 0.0498. The van der Waals surface area contributed by atoms with Crippen LogP contribution in [-0.4, -0.2) is 28.5 Å². The van der Waals surface area contributed by atoms with Crippen LogP contribution in [-0.2, 0) is 4.79 Å². The zero-order valence-electron chi connectivity index (χ0n) is 8.60. The van der Waals surface area contributed by atoms with E-state index in [1.165, 1.54) is 0 Å². The molecule has 1 fully saturated rings. The van der Waals surface area contributed by atoms with Crippen molar-refractivity contribution >= 4 is 11.9 Å². The van der Waals surface area contributed by atoms with Crippen LogP contribution < -0.4 is 10.6 Å². The van der Waals surface area contributed by atoms with Gasteiger partial charge in [-0.2, -0.15) is 0 Å². The Balaban J connectivity index is 1.98. The quantitative estimate of drug-likeness (QED) is 0.735. The summed E-state index contributed by atoms with van der Waals surface area (Å²) in [5.74, 6) is 0.684. The molecular weight excluding hydrogens is 192 g/mol. The smallest absolute Gasteiger partial charge is 0.244 e. The summed E-state index contributed by atoms with van der Waals surface area (Å²) < 4.78 is 0. The van der Waals surface area contributed by atoms with Crippen LogP contribution in [0.1, 0.15) is 13.3 Å². The summed E-state index contributed by atoms with van der Waals surface area (Å²) in [5, 5.41) is 5.85. The Morgan fingerprint density at radius 2 is 2.27 bits per heavy atom. The monoisotopic (exact) mass is 206 g/mol. The Labute approximate surface area is 88.3 Å². The van der Waals surface area contributed by atoms with Gasteiger partial charge in [0.05, 0.1) is 6.04 Å². The SMILES string of the molecule is CC1CCNC1C(=O)Nc1ncccn1. The normalized spacial score (nSPS) is 25.1. The van der Waals surface area contributed by atoms with E-state index >= 15 is 0 Å². The predicted molar refractivity (Wildman–Crippen MR) is 56.2 cm³/mol. The summed E-state index contributed by atoms with van der Waals surface area (Å²) in [7, 11) is 0. The molecule has 1 aliphatic rings. The zero-order chi connectivity index (χ0) is 10.7. The van der Waals surface area contributed by atoms with Crippen LogP contribution in [0, 0.1) is 5.92 Å². The molecule has 1 saturated heterocycles. The molecule has 1 aromatic rings. The maximum atomic E-state index is 11.8. The first-order chi connectivity index (χ1) is 7.27. The van der Waals surface area contributed by atoms with Gasteiger partial charge in [-0.3, -0.25) is 10.1 Å². The van der Waals surface area contributed by atoms with Crippen molar-refractivity contribution in [1.29, 1.82) is 0 Å². The molecule has 2 unspecified atom stereocenters. The molecule has 0 aromatic carbocycles. The van der Waals surface area contributed by atoms with Crippen LogP contribution in [0.5, 0.6) is 0 Å². The first-order valence-electron chi connectivity index (χ1n) is 5.08. The van der Waals surface area contributed by atoms with E-state index in [0.29, 0.717) is 11.9 Å². The van der Waals surface area contributed by atoms with Crippen molar-refractivity contribution in [2.45, 2.75) is 19.4 Å². The second-order valence-corrected chi connectivity index (χ2v) is 3.76. The van der Waals surface area contributed by atoms with Crippen LogP contribution in [0.15, 0.2) is 18.5 Å². The summed E-state index contributed by atoms with van der Waals surface area (Å²) in [5.41, 5.74) is 0. The zero-order valence-corrected chi connectivity index (χ0v) is 8.60. The lowest BCUT2D eigenvalue weighted by Crippen LogP contribution is -2.39. The van der Waals surface area contributed by atoms with E-state index < -0.39 is 0 Å². The van der Waals surface area contributed by atoms with Crippen molar-refractivity contribution in [2.75, 3.05) is 11.9 Å². The molecule has 2 heterocycles. The molecule has 1 amide bonds. The largest absolute Gasteiger partial charge is 0.306 e. The van der Waals surface area contributed by atoms with E-state index in [0.717, 1.165) is 13.0 Å². The third-order valence-electron chi connectivity index (χ3n) is 2.62. The second kappa shape index (κ2) is 4.35. The number of nitrogens with one attached hydrogen (secondary N) is 2. The molecule has 15 heavy (non-hydrogen) atoms. The molecule has 5 nitrogen and oxygen atoms in total. The first kappa shape index (κ1) is 10.0. The topological polar surface area (TPSA) is 66.9 Å². The lowest BCUT2D eigenvalue weighted by molar-refractivity contribution is -0.118. The van der Waals surface area contributed by atoms with Gasteiger partial charge in [-0.25, -0.2) is 9.97 Å². The fourth-order valence-corrected chi connectivity index (χ4v) is 1.74. The highest BCUT2D eigenvalue weighted by Gasteiger charge is 2.29. The molecule has 2 rings (SSSR count). The number of nitrogens with zero attached hydrogens (tertiary/aromatic N) is 2.